The quantitative estimate of drug-likeness (QED) is 0.893. The van der Waals surface area contributed by atoms with Gasteiger partial charge in [0, 0.05) is 31.3 Å². The van der Waals surface area contributed by atoms with Crippen LogP contribution in [-0.2, 0) is 4.74 Å². The van der Waals surface area contributed by atoms with Crippen molar-refractivity contribution in [2.45, 2.75) is 32.4 Å². The summed E-state index contributed by atoms with van der Waals surface area (Å²) in [7, 11) is 1.72. The fourth-order valence-corrected chi connectivity index (χ4v) is 1.84. The Morgan fingerprint density at radius 1 is 1.17 bits per heavy atom. The fraction of sp³-hybridized carbons (Fsp3) is 0.571. The number of hydrogen-bond acceptors (Lipinski definition) is 4. The van der Waals surface area contributed by atoms with E-state index in [0.29, 0.717) is 6.61 Å². The zero-order chi connectivity index (χ0) is 13.0. The maximum atomic E-state index is 5.66. The molecule has 1 aromatic carbocycles. The Morgan fingerprint density at radius 3 is 2.61 bits per heavy atom. The van der Waals surface area contributed by atoms with Gasteiger partial charge in [-0.2, -0.15) is 0 Å². The first kappa shape index (κ1) is 13.0. The molecular formula is C14H21NO3. The summed E-state index contributed by atoms with van der Waals surface area (Å²) in [6.07, 6.45) is 1.08. The van der Waals surface area contributed by atoms with E-state index >= 15 is 0 Å². The molecule has 100 valence electrons. The van der Waals surface area contributed by atoms with E-state index in [9.17, 15) is 0 Å². The van der Waals surface area contributed by atoms with Crippen LogP contribution in [0.1, 0.15) is 20.3 Å². The van der Waals surface area contributed by atoms with Crippen LogP contribution >= 0.6 is 0 Å². The summed E-state index contributed by atoms with van der Waals surface area (Å²) < 4.78 is 16.6. The molecule has 18 heavy (non-hydrogen) atoms. The van der Waals surface area contributed by atoms with Crippen LogP contribution in [0.3, 0.4) is 0 Å². The van der Waals surface area contributed by atoms with E-state index in [1.165, 1.54) is 0 Å². The molecule has 1 heterocycles. The second-order valence-corrected chi connectivity index (χ2v) is 4.59. The molecule has 0 amide bonds. The highest BCUT2D eigenvalue weighted by Crippen LogP contribution is 2.32. The van der Waals surface area contributed by atoms with Gasteiger partial charge in [-0.05, 0) is 26.0 Å². The van der Waals surface area contributed by atoms with Gasteiger partial charge in [0.25, 0.3) is 0 Å². The molecule has 0 aromatic heterocycles. The highest BCUT2D eigenvalue weighted by Gasteiger charge is 2.14. The molecule has 0 bridgehead atoms. The zero-order valence-electron chi connectivity index (χ0n) is 11.2. The van der Waals surface area contributed by atoms with Gasteiger partial charge in [0.15, 0.2) is 11.5 Å². The van der Waals surface area contributed by atoms with Gasteiger partial charge in [0.2, 0.25) is 0 Å². The third-order valence-corrected chi connectivity index (χ3v) is 3.22. The molecular weight excluding hydrogens is 230 g/mol. The van der Waals surface area contributed by atoms with Crippen molar-refractivity contribution in [2.75, 3.05) is 25.6 Å². The first-order chi connectivity index (χ1) is 8.70. The number of benzene rings is 1. The lowest BCUT2D eigenvalue weighted by Crippen LogP contribution is -2.29. The van der Waals surface area contributed by atoms with Crippen LogP contribution in [0, 0.1) is 0 Å². The van der Waals surface area contributed by atoms with Crippen LogP contribution in [0.4, 0.5) is 5.69 Å². The second-order valence-electron chi connectivity index (χ2n) is 4.59. The molecule has 2 unspecified atom stereocenters. The molecule has 4 nitrogen and oxygen atoms in total. The van der Waals surface area contributed by atoms with Gasteiger partial charge >= 0.3 is 0 Å². The number of fused-ring (bicyclic) bond motifs is 1. The van der Waals surface area contributed by atoms with Gasteiger partial charge in [-0.25, -0.2) is 0 Å². The van der Waals surface area contributed by atoms with E-state index in [1.807, 2.05) is 25.1 Å². The van der Waals surface area contributed by atoms with E-state index in [2.05, 4.69) is 12.2 Å². The second kappa shape index (κ2) is 5.96. The van der Waals surface area contributed by atoms with Crippen LogP contribution in [0.2, 0.25) is 0 Å². The van der Waals surface area contributed by atoms with E-state index < -0.39 is 0 Å². The van der Waals surface area contributed by atoms with E-state index in [-0.39, 0.29) is 12.1 Å². The van der Waals surface area contributed by atoms with Crippen molar-refractivity contribution in [3.8, 4) is 11.5 Å². The predicted molar refractivity (Wildman–Crippen MR) is 71.6 cm³/mol. The number of hydrogen-bond donors (Lipinski definition) is 1. The van der Waals surface area contributed by atoms with Gasteiger partial charge in [0.05, 0.1) is 19.3 Å². The van der Waals surface area contributed by atoms with Crippen molar-refractivity contribution in [2.24, 2.45) is 0 Å². The van der Waals surface area contributed by atoms with Crippen LogP contribution in [0.25, 0.3) is 0 Å². The van der Waals surface area contributed by atoms with Gasteiger partial charge in [-0.3, -0.25) is 0 Å². The van der Waals surface area contributed by atoms with Crippen LogP contribution in [-0.4, -0.2) is 32.5 Å². The largest absolute Gasteiger partial charge is 0.490 e. The zero-order valence-corrected chi connectivity index (χ0v) is 11.2. The van der Waals surface area contributed by atoms with Crippen molar-refractivity contribution >= 4 is 5.69 Å². The molecule has 1 aliphatic heterocycles. The standard InChI is InChI=1S/C14H21NO3/c1-10(11(2)16-3)15-12-5-6-13-14(9-12)18-8-4-7-17-13/h5-6,9-11,15H,4,7-8H2,1-3H3. The smallest absolute Gasteiger partial charge is 0.163 e. The summed E-state index contributed by atoms with van der Waals surface area (Å²) in [6.45, 7) is 5.56. The first-order valence-electron chi connectivity index (χ1n) is 6.39. The number of nitrogens with one attached hydrogen (secondary N) is 1. The molecule has 0 saturated carbocycles. The summed E-state index contributed by atoms with van der Waals surface area (Å²) in [5, 5.41) is 3.40. The minimum absolute atomic E-state index is 0.154. The third-order valence-electron chi connectivity index (χ3n) is 3.22. The lowest BCUT2D eigenvalue weighted by atomic mass is 10.2. The van der Waals surface area contributed by atoms with Gasteiger partial charge < -0.3 is 19.5 Å². The van der Waals surface area contributed by atoms with Crippen molar-refractivity contribution in [1.82, 2.24) is 0 Å². The normalized spacial score (nSPS) is 17.7. The van der Waals surface area contributed by atoms with E-state index in [0.717, 1.165) is 30.2 Å². The van der Waals surface area contributed by atoms with Crippen molar-refractivity contribution < 1.29 is 14.2 Å². The average Bonchev–Trinajstić information content (AvgIpc) is 2.62. The Kier molecular flexibility index (Phi) is 4.31. The van der Waals surface area contributed by atoms with E-state index in [1.54, 1.807) is 7.11 Å². The minimum atomic E-state index is 0.154. The van der Waals surface area contributed by atoms with Crippen molar-refractivity contribution in [3.63, 3.8) is 0 Å². The maximum absolute atomic E-state index is 5.66. The molecule has 0 aliphatic carbocycles. The summed E-state index contributed by atoms with van der Waals surface area (Å²) in [4.78, 5) is 0. The predicted octanol–water partition coefficient (Wildman–Crippen LogP) is 2.68. The number of ether oxygens (including phenoxy) is 3. The molecule has 1 aliphatic rings. The lowest BCUT2D eigenvalue weighted by Gasteiger charge is -2.21. The Morgan fingerprint density at radius 2 is 1.89 bits per heavy atom. The van der Waals surface area contributed by atoms with Crippen LogP contribution < -0.4 is 14.8 Å². The van der Waals surface area contributed by atoms with Crippen molar-refractivity contribution in [1.29, 1.82) is 0 Å². The number of anilines is 1. The highest BCUT2D eigenvalue weighted by atomic mass is 16.5. The monoisotopic (exact) mass is 251 g/mol. The molecule has 4 heteroatoms. The molecule has 2 atom stereocenters. The minimum Gasteiger partial charge on any atom is -0.490 e. The molecule has 0 radical (unpaired) electrons. The van der Waals surface area contributed by atoms with Crippen molar-refractivity contribution in [3.05, 3.63) is 18.2 Å². The summed E-state index contributed by atoms with van der Waals surface area (Å²) >= 11 is 0. The molecule has 0 fully saturated rings. The molecule has 1 aromatic rings. The SMILES string of the molecule is COC(C)C(C)Nc1ccc2c(c1)OCCCO2. The van der Waals surface area contributed by atoms with Gasteiger partial charge in [-0.15, -0.1) is 0 Å². The molecule has 0 saturated heterocycles. The lowest BCUT2D eigenvalue weighted by molar-refractivity contribution is 0.106. The first-order valence-corrected chi connectivity index (χ1v) is 6.39. The Hall–Kier alpha value is -1.42. The summed E-state index contributed by atoms with van der Waals surface area (Å²) in [5.41, 5.74) is 1.02. The highest BCUT2D eigenvalue weighted by molar-refractivity contribution is 5.55. The van der Waals surface area contributed by atoms with Crippen LogP contribution in [0.15, 0.2) is 18.2 Å². The third kappa shape index (κ3) is 3.07. The molecule has 2 rings (SSSR count). The molecule has 0 spiro atoms. The Balaban J connectivity index is 2.08. The fourth-order valence-electron chi connectivity index (χ4n) is 1.84. The number of rotatable bonds is 4. The Bertz CT molecular complexity index is 395. The van der Waals surface area contributed by atoms with Gasteiger partial charge in [0.1, 0.15) is 0 Å². The summed E-state index contributed by atoms with van der Waals surface area (Å²) in [5.74, 6) is 1.64. The number of methoxy groups -OCH3 is 1. The van der Waals surface area contributed by atoms with E-state index in [4.69, 9.17) is 14.2 Å². The average molecular weight is 251 g/mol. The maximum Gasteiger partial charge on any atom is 0.163 e. The van der Waals surface area contributed by atoms with Crippen LogP contribution in [0.5, 0.6) is 11.5 Å². The Labute approximate surface area is 108 Å². The summed E-state index contributed by atoms with van der Waals surface area (Å²) in [6, 6.07) is 6.18. The molecule has 1 N–H and O–H groups in total. The topological polar surface area (TPSA) is 39.7 Å². The van der Waals surface area contributed by atoms with Gasteiger partial charge in [-0.1, -0.05) is 0 Å².